The summed E-state index contributed by atoms with van der Waals surface area (Å²) >= 11 is 0. The molecule has 4 heteroatoms. The van der Waals surface area contributed by atoms with Gasteiger partial charge >= 0.3 is 11.9 Å². The van der Waals surface area contributed by atoms with Crippen molar-refractivity contribution < 1.29 is 19.4 Å². The van der Waals surface area contributed by atoms with E-state index in [0.29, 0.717) is 5.92 Å². The summed E-state index contributed by atoms with van der Waals surface area (Å²) in [6, 6.07) is 0. The molecule has 0 amide bonds. The molecule has 2 aliphatic rings. The summed E-state index contributed by atoms with van der Waals surface area (Å²) in [5, 5.41) is 8.98. The lowest BCUT2D eigenvalue weighted by atomic mass is 9.69. The van der Waals surface area contributed by atoms with Crippen LogP contribution in [0.15, 0.2) is 0 Å². The van der Waals surface area contributed by atoms with Crippen LogP contribution in [0.1, 0.15) is 71.1 Å². The smallest absolute Gasteiger partial charge is 0.320 e. The van der Waals surface area contributed by atoms with Crippen LogP contribution in [0.5, 0.6) is 0 Å². The van der Waals surface area contributed by atoms with Crippen molar-refractivity contribution in [3.63, 3.8) is 0 Å². The zero-order valence-corrected chi connectivity index (χ0v) is 12.4. The van der Waals surface area contributed by atoms with Crippen molar-refractivity contribution in [3.8, 4) is 0 Å². The average molecular weight is 282 g/mol. The molecule has 0 bridgehead atoms. The van der Waals surface area contributed by atoms with Gasteiger partial charge in [-0.3, -0.25) is 9.59 Å². The quantitative estimate of drug-likeness (QED) is 0.633. The Hall–Kier alpha value is -1.06. The van der Waals surface area contributed by atoms with E-state index < -0.39 is 17.9 Å². The third-order valence-electron chi connectivity index (χ3n) is 5.08. The summed E-state index contributed by atoms with van der Waals surface area (Å²) in [7, 11) is 0. The molecule has 0 aromatic carbocycles. The Morgan fingerprint density at radius 1 is 1.05 bits per heavy atom. The van der Waals surface area contributed by atoms with Gasteiger partial charge in [0.2, 0.25) is 0 Å². The molecule has 0 spiro atoms. The highest BCUT2D eigenvalue weighted by atomic mass is 16.6. The molecule has 0 radical (unpaired) electrons. The first-order valence-corrected chi connectivity index (χ1v) is 8.01. The standard InChI is InChI=1S/C16H26O4/c1-12(14(17)18)15(19)20-16(10-6-3-7-11-16)13-8-4-2-5-9-13/h12-13H,2-11H2,1H3,(H,17,18). The van der Waals surface area contributed by atoms with Gasteiger partial charge < -0.3 is 9.84 Å². The van der Waals surface area contributed by atoms with E-state index in [1.165, 1.54) is 32.6 Å². The van der Waals surface area contributed by atoms with Crippen LogP contribution < -0.4 is 0 Å². The number of hydrogen-bond donors (Lipinski definition) is 1. The highest BCUT2D eigenvalue weighted by Gasteiger charge is 2.44. The van der Waals surface area contributed by atoms with Gasteiger partial charge in [0.1, 0.15) is 5.60 Å². The number of carbonyl (C=O) groups is 2. The van der Waals surface area contributed by atoms with E-state index in [1.54, 1.807) is 0 Å². The van der Waals surface area contributed by atoms with Gasteiger partial charge in [0.05, 0.1) is 0 Å². The van der Waals surface area contributed by atoms with Gasteiger partial charge in [-0.15, -0.1) is 0 Å². The predicted octanol–water partition coefficient (Wildman–Crippen LogP) is 3.53. The molecular formula is C16H26O4. The van der Waals surface area contributed by atoms with Gasteiger partial charge in [0.15, 0.2) is 5.92 Å². The first kappa shape index (κ1) is 15.3. The number of carboxylic acid groups (broad SMARTS) is 1. The first-order valence-electron chi connectivity index (χ1n) is 8.01. The maximum absolute atomic E-state index is 12.1. The Morgan fingerprint density at radius 2 is 1.60 bits per heavy atom. The van der Waals surface area contributed by atoms with Crippen molar-refractivity contribution >= 4 is 11.9 Å². The number of hydrogen-bond acceptors (Lipinski definition) is 3. The normalized spacial score (nSPS) is 24.9. The first-order chi connectivity index (χ1) is 9.55. The summed E-state index contributed by atoms with van der Waals surface area (Å²) in [4.78, 5) is 23.1. The monoisotopic (exact) mass is 282 g/mol. The van der Waals surface area contributed by atoms with Crippen LogP contribution in [0, 0.1) is 11.8 Å². The van der Waals surface area contributed by atoms with Crippen LogP contribution in [-0.2, 0) is 14.3 Å². The lowest BCUT2D eigenvalue weighted by Crippen LogP contribution is -2.46. The molecule has 0 aliphatic heterocycles. The molecule has 1 N–H and O–H groups in total. The largest absolute Gasteiger partial charge is 0.481 e. The third-order valence-corrected chi connectivity index (χ3v) is 5.08. The Balaban J connectivity index is 2.10. The van der Waals surface area contributed by atoms with Crippen molar-refractivity contribution in [2.24, 2.45) is 11.8 Å². The minimum Gasteiger partial charge on any atom is -0.481 e. The SMILES string of the molecule is CC(C(=O)O)C(=O)OC1(C2CCCCC2)CCCCC1. The summed E-state index contributed by atoms with van der Waals surface area (Å²) in [5.41, 5.74) is -0.376. The zero-order chi connectivity index (χ0) is 14.6. The summed E-state index contributed by atoms with van der Waals surface area (Å²) in [6.45, 7) is 1.42. The molecule has 2 saturated carbocycles. The minimum absolute atomic E-state index is 0.376. The molecule has 0 heterocycles. The molecule has 20 heavy (non-hydrogen) atoms. The summed E-state index contributed by atoms with van der Waals surface area (Å²) in [5.74, 6) is -2.27. The fourth-order valence-corrected chi connectivity index (χ4v) is 3.76. The molecule has 0 saturated heterocycles. The molecule has 0 aromatic heterocycles. The number of carboxylic acids is 1. The van der Waals surface area contributed by atoms with E-state index in [2.05, 4.69) is 0 Å². The van der Waals surface area contributed by atoms with Crippen molar-refractivity contribution in [1.29, 1.82) is 0 Å². The van der Waals surface area contributed by atoms with Crippen LogP contribution in [0.25, 0.3) is 0 Å². The zero-order valence-electron chi connectivity index (χ0n) is 12.4. The van der Waals surface area contributed by atoms with E-state index in [9.17, 15) is 9.59 Å². The van der Waals surface area contributed by atoms with Gasteiger partial charge in [-0.25, -0.2) is 0 Å². The molecule has 1 atom stereocenters. The van der Waals surface area contributed by atoms with E-state index in [0.717, 1.165) is 38.5 Å². The summed E-state index contributed by atoms with van der Waals surface area (Å²) in [6.07, 6.45) is 11.1. The van der Waals surface area contributed by atoms with Crippen molar-refractivity contribution in [1.82, 2.24) is 0 Å². The molecule has 4 nitrogen and oxygen atoms in total. The fourth-order valence-electron chi connectivity index (χ4n) is 3.76. The van der Waals surface area contributed by atoms with Crippen LogP contribution in [0.4, 0.5) is 0 Å². The highest BCUT2D eigenvalue weighted by molar-refractivity contribution is 5.93. The maximum Gasteiger partial charge on any atom is 0.320 e. The molecule has 2 rings (SSSR count). The van der Waals surface area contributed by atoms with Gasteiger partial charge in [0, 0.05) is 0 Å². The molecule has 2 aliphatic carbocycles. The summed E-state index contributed by atoms with van der Waals surface area (Å²) < 4.78 is 5.82. The fraction of sp³-hybridized carbons (Fsp3) is 0.875. The number of aliphatic carboxylic acids is 1. The number of ether oxygens (including phenoxy) is 1. The van der Waals surface area contributed by atoms with Crippen LogP contribution in [0.2, 0.25) is 0 Å². The average Bonchev–Trinajstić information content (AvgIpc) is 2.48. The van der Waals surface area contributed by atoms with Crippen LogP contribution >= 0.6 is 0 Å². The van der Waals surface area contributed by atoms with Gasteiger partial charge in [0.25, 0.3) is 0 Å². The molecular weight excluding hydrogens is 256 g/mol. The van der Waals surface area contributed by atoms with Crippen molar-refractivity contribution in [3.05, 3.63) is 0 Å². The van der Waals surface area contributed by atoms with Crippen LogP contribution in [0.3, 0.4) is 0 Å². The van der Waals surface area contributed by atoms with Crippen LogP contribution in [-0.4, -0.2) is 22.6 Å². The number of rotatable bonds is 4. The number of esters is 1. The Bertz CT molecular complexity index is 351. The maximum atomic E-state index is 12.1. The minimum atomic E-state index is -1.09. The van der Waals surface area contributed by atoms with Gasteiger partial charge in [-0.05, 0) is 51.4 Å². The Morgan fingerprint density at radius 3 is 2.15 bits per heavy atom. The molecule has 1 unspecified atom stereocenters. The molecule has 114 valence electrons. The van der Waals surface area contributed by atoms with Crippen molar-refractivity contribution in [2.45, 2.75) is 76.7 Å². The van der Waals surface area contributed by atoms with Gasteiger partial charge in [-0.2, -0.15) is 0 Å². The topological polar surface area (TPSA) is 63.6 Å². The lowest BCUT2D eigenvalue weighted by molar-refractivity contribution is -0.181. The predicted molar refractivity (Wildman–Crippen MR) is 75.3 cm³/mol. The highest BCUT2D eigenvalue weighted by Crippen LogP contribution is 2.44. The van der Waals surface area contributed by atoms with Gasteiger partial charge in [-0.1, -0.05) is 25.7 Å². The van der Waals surface area contributed by atoms with Crippen molar-refractivity contribution in [2.75, 3.05) is 0 Å². The number of carbonyl (C=O) groups excluding carboxylic acids is 1. The molecule has 0 aromatic rings. The van der Waals surface area contributed by atoms with E-state index in [-0.39, 0.29) is 5.60 Å². The van der Waals surface area contributed by atoms with E-state index in [1.807, 2.05) is 0 Å². The molecule has 2 fully saturated rings. The third kappa shape index (κ3) is 3.33. The second kappa shape index (κ2) is 6.59. The Labute approximate surface area is 120 Å². The Kier molecular flexibility index (Phi) is 5.06. The lowest BCUT2D eigenvalue weighted by Gasteiger charge is -2.44. The second-order valence-corrected chi connectivity index (χ2v) is 6.44. The van der Waals surface area contributed by atoms with E-state index >= 15 is 0 Å². The second-order valence-electron chi connectivity index (χ2n) is 6.44. The van der Waals surface area contributed by atoms with E-state index in [4.69, 9.17) is 9.84 Å².